The van der Waals surface area contributed by atoms with Crippen LogP contribution in [0.3, 0.4) is 0 Å². The van der Waals surface area contributed by atoms with Crippen molar-refractivity contribution in [1.29, 1.82) is 0 Å². The van der Waals surface area contributed by atoms with Crippen LogP contribution in [0.4, 0.5) is 0 Å². The van der Waals surface area contributed by atoms with Gasteiger partial charge < -0.3 is 4.74 Å². The molecule has 0 spiro atoms. The molecule has 4 aromatic rings. The van der Waals surface area contributed by atoms with E-state index >= 15 is 0 Å². The SMILES string of the molecule is O=C(COC(=O)c1c2c(nc3ccccc13)CCCCC2)c1ccc(-c2ccccc2)cc1. The third-order valence-corrected chi connectivity index (χ3v) is 6.27. The zero-order valence-electron chi connectivity index (χ0n) is 18.4. The van der Waals surface area contributed by atoms with Gasteiger partial charge in [0.15, 0.2) is 12.4 Å². The summed E-state index contributed by atoms with van der Waals surface area (Å²) >= 11 is 0. The summed E-state index contributed by atoms with van der Waals surface area (Å²) in [6, 6.07) is 25.1. The predicted molar refractivity (Wildman–Crippen MR) is 129 cm³/mol. The summed E-state index contributed by atoms with van der Waals surface area (Å²) in [6.45, 7) is -0.283. The van der Waals surface area contributed by atoms with Gasteiger partial charge in [0.1, 0.15) is 0 Å². The largest absolute Gasteiger partial charge is 0.454 e. The number of fused-ring (bicyclic) bond motifs is 2. The Balaban J connectivity index is 1.36. The fourth-order valence-corrected chi connectivity index (χ4v) is 4.55. The molecular formula is C29H25NO3. The van der Waals surface area contributed by atoms with Crippen LogP contribution < -0.4 is 0 Å². The van der Waals surface area contributed by atoms with Crippen molar-refractivity contribution in [2.24, 2.45) is 0 Å². The highest BCUT2D eigenvalue weighted by Gasteiger charge is 2.23. The highest BCUT2D eigenvalue weighted by Crippen LogP contribution is 2.29. The van der Waals surface area contributed by atoms with E-state index in [1.165, 1.54) is 0 Å². The second-order valence-corrected chi connectivity index (χ2v) is 8.43. The molecule has 4 nitrogen and oxygen atoms in total. The van der Waals surface area contributed by atoms with E-state index in [1.54, 1.807) is 12.1 Å². The number of hydrogen-bond donors (Lipinski definition) is 0. The van der Waals surface area contributed by atoms with Gasteiger partial charge in [0.25, 0.3) is 0 Å². The van der Waals surface area contributed by atoms with Crippen LogP contribution in [-0.4, -0.2) is 23.3 Å². The van der Waals surface area contributed by atoms with Crippen LogP contribution in [0.5, 0.6) is 0 Å². The van der Waals surface area contributed by atoms with Gasteiger partial charge in [-0.05, 0) is 48.4 Å². The summed E-state index contributed by atoms with van der Waals surface area (Å²) in [5.74, 6) is -0.659. The van der Waals surface area contributed by atoms with E-state index in [4.69, 9.17) is 9.72 Å². The Kier molecular flexibility index (Phi) is 5.99. The summed E-state index contributed by atoms with van der Waals surface area (Å²) in [6.07, 6.45) is 4.91. The molecule has 0 radical (unpaired) electrons. The van der Waals surface area contributed by atoms with Crippen LogP contribution in [0.15, 0.2) is 78.9 Å². The Morgan fingerprint density at radius 2 is 1.45 bits per heavy atom. The number of aromatic nitrogens is 1. The van der Waals surface area contributed by atoms with E-state index in [9.17, 15) is 9.59 Å². The first-order valence-electron chi connectivity index (χ1n) is 11.5. The Hall–Kier alpha value is -3.79. The van der Waals surface area contributed by atoms with E-state index in [2.05, 4.69) is 0 Å². The fraction of sp³-hybridized carbons (Fsp3) is 0.207. The minimum atomic E-state index is -0.444. The molecule has 1 aliphatic carbocycles. The quantitative estimate of drug-likeness (QED) is 0.212. The van der Waals surface area contributed by atoms with Crippen molar-refractivity contribution in [3.63, 3.8) is 0 Å². The molecule has 1 heterocycles. The van der Waals surface area contributed by atoms with Gasteiger partial charge in [0.05, 0.1) is 11.1 Å². The molecule has 1 aromatic heterocycles. The van der Waals surface area contributed by atoms with Crippen LogP contribution in [0.1, 0.15) is 51.2 Å². The van der Waals surface area contributed by atoms with Crippen molar-refractivity contribution < 1.29 is 14.3 Å². The summed E-state index contributed by atoms with van der Waals surface area (Å²) in [7, 11) is 0. The molecule has 5 rings (SSSR count). The Bertz CT molecular complexity index is 1310. The molecule has 0 saturated carbocycles. The highest BCUT2D eigenvalue weighted by molar-refractivity contribution is 6.06. The lowest BCUT2D eigenvalue weighted by atomic mass is 9.97. The Morgan fingerprint density at radius 3 is 2.27 bits per heavy atom. The lowest BCUT2D eigenvalue weighted by molar-refractivity contribution is 0.0475. The smallest absolute Gasteiger partial charge is 0.339 e. The topological polar surface area (TPSA) is 56.3 Å². The molecule has 4 heteroatoms. The zero-order chi connectivity index (χ0) is 22.6. The van der Waals surface area contributed by atoms with Gasteiger partial charge in [-0.1, -0.05) is 79.2 Å². The number of pyridine rings is 1. The van der Waals surface area contributed by atoms with Crippen LogP contribution in [0, 0.1) is 0 Å². The van der Waals surface area contributed by atoms with Crippen molar-refractivity contribution in [2.45, 2.75) is 32.1 Å². The number of esters is 1. The lowest BCUT2D eigenvalue weighted by Crippen LogP contribution is -2.17. The number of carbonyl (C=O) groups excluding carboxylic acids is 2. The number of benzene rings is 3. The minimum Gasteiger partial charge on any atom is -0.454 e. The number of ketones is 1. The van der Waals surface area contributed by atoms with E-state index < -0.39 is 5.97 Å². The molecule has 3 aromatic carbocycles. The average molecular weight is 436 g/mol. The highest BCUT2D eigenvalue weighted by atomic mass is 16.5. The molecule has 0 amide bonds. The van der Waals surface area contributed by atoms with Crippen molar-refractivity contribution in [2.75, 3.05) is 6.61 Å². The summed E-state index contributed by atoms with van der Waals surface area (Å²) in [4.78, 5) is 30.8. The summed E-state index contributed by atoms with van der Waals surface area (Å²) < 4.78 is 5.56. The van der Waals surface area contributed by atoms with E-state index in [1.807, 2.05) is 66.7 Å². The van der Waals surface area contributed by atoms with Gasteiger partial charge in [-0.15, -0.1) is 0 Å². The van der Waals surface area contributed by atoms with Crippen molar-refractivity contribution in [1.82, 2.24) is 4.98 Å². The van der Waals surface area contributed by atoms with Gasteiger partial charge in [0.2, 0.25) is 0 Å². The maximum Gasteiger partial charge on any atom is 0.339 e. The monoisotopic (exact) mass is 435 g/mol. The number of ether oxygens (including phenoxy) is 1. The molecule has 0 bridgehead atoms. The molecule has 0 N–H and O–H groups in total. The fourth-order valence-electron chi connectivity index (χ4n) is 4.55. The molecule has 0 fully saturated rings. The normalized spacial score (nSPS) is 13.2. The van der Waals surface area contributed by atoms with Crippen molar-refractivity contribution >= 4 is 22.7 Å². The first-order chi connectivity index (χ1) is 16.2. The molecule has 164 valence electrons. The third kappa shape index (κ3) is 4.42. The maximum absolute atomic E-state index is 13.2. The number of rotatable bonds is 5. The van der Waals surface area contributed by atoms with Crippen LogP contribution in [0.2, 0.25) is 0 Å². The van der Waals surface area contributed by atoms with Crippen LogP contribution >= 0.6 is 0 Å². The van der Waals surface area contributed by atoms with Crippen LogP contribution in [-0.2, 0) is 17.6 Å². The minimum absolute atomic E-state index is 0.215. The standard InChI is InChI=1S/C29H25NO3/c31-27(22-17-15-21(16-18-22)20-9-3-1-4-10-20)19-33-29(32)28-23-11-5-2-6-13-25(23)30-26-14-8-7-12-24(26)28/h1,3-4,7-10,12,14-18H,2,5-6,11,13,19H2. The van der Waals surface area contributed by atoms with Gasteiger partial charge in [0, 0.05) is 16.6 Å². The number of hydrogen-bond acceptors (Lipinski definition) is 4. The summed E-state index contributed by atoms with van der Waals surface area (Å²) in [5, 5.41) is 0.794. The average Bonchev–Trinajstić information content (AvgIpc) is 3.11. The van der Waals surface area contributed by atoms with E-state index in [-0.39, 0.29) is 12.4 Å². The lowest BCUT2D eigenvalue weighted by Gasteiger charge is -2.14. The van der Waals surface area contributed by atoms with Gasteiger partial charge in [-0.25, -0.2) is 4.79 Å². The Labute approximate surface area is 193 Å². The predicted octanol–water partition coefficient (Wildman–Crippen LogP) is 6.21. The van der Waals surface area contributed by atoms with Crippen LogP contribution in [0.25, 0.3) is 22.0 Å². The number of para-hydroxylation sites is 1. The molecular weight excluding hydrogens is 410 g/mol. The molecule has 0 aliphatic heterocycles. The maximum atomic E-state index is 13.2. The molecule has 0 unspecified atom stereocenters. The van der Waals surface area contributed by atoms with E-state index in [0.717, 1.165) is 65.4 Å². The molecule has 0 atom stereocenters. The second kappa shape index (κ2) is 9.37. The molecule has 33 heavy (non-hydrogen) atoms. The zero-order valence-corrected chi connectivity index (χ0v) is 18.4. The summed E-state index contributed by atoms with van der Waals surface area (Å²) in [5.41, 5.74) is 6.00. The van der Waals surface area contributed by atoms with Crippen molar-refractivity contribution in [3.8, 4) is 11.1 Å². The number of carbonyl (C=O) groups is 2. The first-order valence-corrected chi connectivity index (χ1v) is 11.5. The van der Waals surface area contributed by atoms with Crippen molar-refractivity contribution in [3.05, 3.63) is 101 Å². The number of Topliss-reactive ketones (excluding diaryl/α,β-unsaturated/α-hetero) is 1. The second-order valence-electron chi connectivity index (χ2n) is 8.43. The Morgan fingerprint density at radius 1 is 0.758 bits per heavy atom. The van der Waals surface area contributed by atoms with Gasteiger partial charge in [-0.3, -0.25) is 9.78 Å². The third-order valence-electron chi connectivity index (χ3n) is 6.27. The number of aryl methyl sites for hydroxylation is 1. The first kappa shape index (κ1) is 21.1. The molecule has 0 saturated heterocycles. The van der Waals surface area contributed by atoms with Gasteiger partial charge in [-0.2, -0.15) is 0 Å². The number of nitrogens with zero attached hydrogens (tertiary/aromatic N) is 1. The van der Waals surface area contributed by atoms with E-state index in [0.29, 0.717) is 11.1 Å². The van der Waals surface area contributed by atoms with Gasteiger partial charge >= 0.3 is 5.97 Å². The molecule has 1 aliphatic rings.